The van der Waals surface area contributed by atoms with Crippen LogP contribution >= 0.6 is 27.3 Å². The van der Waals surface area contributed by atoms with Gasteiger partial charge in [-0.25, -0.2) is 0 Å². The third-order valence-electron chi connectivity index (χ3n) is 2.05. The number of rotatable bonds is 2. The van der Waals surface area contributed by atoms with Gasteiger partial charge in [0.15, 0.2) is 0 Å². The van der Waals surface area contributed by atoms with Gasteiger partial charge >= 0.3 is 0 Å². The van der Waals surface area contributed by atoms with Crippen molar-refractivity contribution in [2.45, 2.75) is 13.0 Å². The van der Waals surface area contributed by atoms with Crippen molar-refractivity contribution in [3.8, 4) is 0 Å². The second kappa shape index (κ2) is 3.88. The van der Waals surface area contributed by atoms with Gasteiger partial charge in [-0.15, -0.1) is 0 Å². The molecule has 0 saturated heterocycles. The maximum absolute atomic E-state index is 6.06. The van der Waals surface area contributed by atoms with Gasteiger partial charge in [-0.05, 0) is 40.4 Å². The van der Waals surface area contributed by atoms with Crippen molar-refractivity contribution in [1.82, 2.24) is 0 Å². The van der Waals surface area contributed by atoms with Gasteiger partial charge in [-0.2, -0.15) is 11.3 Å². The molecule has 2 heterocycles. The molecule has 0 saturated carbocycles. The van der Waals surface area contributed by atoms with Crippen molar-refractivity contribution in [2.75, 3.05) is 0 Å². The number of nitrogens with two attached hydrogens (primary N) is 1. The summed E-state index contributed by atoms with van der Waals surface area (Å²) < 4.78 is 6.53. The predicted molar refractivity (Wildman–Crippen MR) is 61.5 cm³/mol. The van der Waals surface area contributed by atoms with Gasteiger partial charge in [-0.3, -0.25) is 0 Å². The minimum atomic E-state index is -0.177. The molecule has 0 aliphatic rings. The first-order valence-corrected chi connectivity index (χ1v) is 5.95. The number of hydrogen-bond donors (Lipinski definition) is 1. The molecule has 0 aliphatic carbocycles. The van der Waals surface area contributed by atoms with Crippen LogP contribution in [0.2, 0.25) is 0 Å². The molecular weight excluding hydrogens is 262 g/mol. The summed E-state index contributed by atoms with van der Waals surface area (Å²) in [6, 6.07) is 3.67. The topological polar surface area (TPSA) is 39.2 Å². The Hall–Kier alpha value is -0.580. The predicted octanol–water partition coefficient (Wildman–Crippen LogP) is 3.46. The van der Waals surface area contributed by atoms with Crippen molar-refractivity contribution >= 4 is 27.3 Å². The number of aryl methyl sites for hydroxylation is 1. The Morgan fingerprint density at radius 2 is 2.21 bits per heavy atom. The third kappa shape index (κ3) is 1.78. The molecular formula is C10H10BrNOS. The van der Waals surface area contributed by atoms with Crippen LogP contribution in [0.5, 0.6) is 0 Å². The molecule has 14 heavy (non-hydrogen) atoms. The monoisotopic (exact) mass is 271 g/mol. The van der Waals surface area contributed by atoms with Crippen molar-refractivity contribution in [3.05, 3.63) is 44.4 Å². The highest BCUT2D eigenvalue weighted by Gasteiger charge is 2.15. The molecule has 0 radical (unpaired) electrons. The molecule has 1 unspecified atom stereocenters. The summed E-state index contributed by atoms with van der Waals surface area (Å²) in [5.74, 6) is 1.70. The lowest BCUT2D eigenvalue weighted by Crippen LogP contribution is -2.10. The molecule has 2 N–H and O–H groups in total. The van der Waals surface area contributed by atoms with Crippen molar-refractivity contribution in [2.24, 2.45) is 5.73 Å². The van der Waals surface area contributed by atoms with Crippen LogP contribution in [0.3, 0.4) is 0 Å². The summed E-state index contributed by atoms with van der Waals surface area (Å²) in [5.41, 5.74) is 7.13. The molecule has 0 amide bonds. The number of thiophene rings is 1. The van der Waals surface area contributed by atoms with Gasteiger partial charge in [-0.1, -0.05) is 0 Å². The molecule has 0 aliphatic heterocycles. The number of hydrogen-bond acceptors (Lipinski definition) is 3. The normalized spacial score (nSPS) is 13.1. The smallest absolute Gasteiger partial charge is 0.125 e. The maximum Gasteiger partial charge on any atom is 0.125 e. The Kier molecular flexibility index (Phi) is 2.76. The van der Waals surface area contributed by atoms with Gasteiger partial charge in [0, 0.05) is 15.4 Å². The van der Waals surface area contributed by atoms with Crippen molar-refractivity contribution in [1.29, 1.82) is 0 Å². The van der Waals surface area contributed by atoms with E-state index in [0.717, 1.165) is 21.6 Å². The number of halogens is 1. The zero-order chi connectivity index (χ0) is 10.1. The molecule has 2 aromatic rings. The van der Waals surface area contributed by atoms with Crippen LogP contribution in [-0.2, 0) is 0 Å². The molecule has 4 heteroatoms. The summed E-state index contributed by atoms with van der Waals surface area (Å²) in [5, 5.41) is 4.05. The molecule has 74 valence electrons. The minimum absolute atomic E-state index is 0.177. The molecule has 2 rings (SSSR count). The summed E-state index contributed by atoms with van der Waals surface area (Å²) >= 11 is 5.09. The average molecular weight is 272 g/mol. The summed E-state index contributed by atoms with van der Waals surface area (Å²) in [6.07, 6.45) is 0. The Labute approximate surface area is 94.9 Å². The fourth-order valence-electron chi connectivity index (χ4n) is 1.29. The standard InChI is InChI=1S/C10H10BrNOS/c1-6-2-3-9(13-6)10(12)7-4-14-5-8(7)11/h2-5,10H,12H2,1H3. The van der Waals surface area contributed by atoms with Crippen molar-refractivity contribution < 1.29 is 4.42 Å². The third-order valence-corrected chi connectivity index (χ3v) is 3.80. The lowest BCUT2D eigenvalue weighted by molar-refractivity contribution is 0.466. The molecule has 0 spiro atoms. The van der Waals surface area contributed by atoms with Crippen LogP contribution in [0.4, 0.5) is 0 Å². The minimum Gasteiger partial charge on any atom is -0.464 e. The van der Waals surface area contributed by atoms with E-state index in [0.29, 0.717) is 0 Å². The van der Waals surface area contributed by atoms with E-state index < -0.39 is 0 Å². The van der Waals surface area contributed by atoms with E-state index in [1.165, 1.54) is 0 Å². The Morgan fingerprint density at radius 1 is 1.43 bits per heavy atom. The molecule has 0 fully saturated rings. The summed E-state index contributed by atoms with van der Waals surface area (Å²) in [7, 11) is 0. The van der Waals surface area contributed by atoms with E-state index in [2.05, 4.69) is 15.9 Å². The van der Waals surface area contributed by atoms with E-state index in [-0.39, 0.29) is 6.04 Å². The second-order valence-corrected chi connectivity index (χ2v) is 4.70. The molecule has 2 aromatic heterocycles. The molecule has 0 aromatic carbocycles. The van der Waals surface area contributed by atoms with Crippen LogP contribution < -0.4 is 5.73 Å². The zero-order valence-electron chi connectivity index (χ0n) is 7.66. The first kappa shape index (κ1) is 9.96. The van der Waals surface area contributed by atoms with E-state index >= 15 is 0 Å². The first-order valence-electron chi connectivity index (χ1n) is 4.22. The van der Waals surface area contributed by atoms with E-state index in [1.807, 2.05) is 29.8 Å². The van der Waals surface area contributed by atoms with Gasteiger partial charge < -0.3 is 10.2 Å². The average Bonchev–Trinajstić information content (AvgIpc) is 2.73. The highest BCUT2D eigenvalue weighted by Crippen LogP contribution is 2.30. The first-order chi connectivity index (χ1) is 6.68. The highest BCUT2D eigenvalue weighted by atomic mass is 79.9. The van der Waals surface area contributed by atoms with E-state index in [1.54, 1.807) is 11.3 Å². The van der Waals surface area contributed by atoms with Crippen LogP contribution in [-0.4, -0.2) is 0 Å². The largest absolute Gasteiger partial charge is 0.464 e. The van der Waals surface area contributed by atoms with Gasteiger partial charge in [0.1, 0.15) is 11.5 Å². The maximum atomic E-state index is 6.06. The van der Waals surface area contributed by atoms with Crippen LogP contribution in [0.1, 0.15) is 23.1 Å². The van der Waals surface area contributed by atoms with Crippen LogP contribution in [0, 0.1) is 6.92 Å². The van der Waals surface area contributed by atoms with Crippen molar-refractivity contribution in [3.63, 3.8) is 0 Å². The van der Waals surface area contributed by atoms with Crippen LogP contribution in [0.25, 0.3) is 0 Å². The second-order valence-electron chi connectivity index (χ2n) is 3.10. The quantitative estimate of drug-likeness (QED) is 0.909. The summed E-state index contributed by atoms with van der Waals surface area (Å²) in [6.45, 7) is 1.92. The Bertz CT molecular complexity index is 435. The molecule has 2 nitrogen and oxygen atoms in total. The molecule has 1 atom stereocenters. The van der Waals surface area contributed by atoms with Gasteiger partial charge in [0.2, 0.25) is 0 Å². The summed E-state index contributed by atoms with van der Waals surface area (Å²) in [4.78, 5) is 0. The Morgan fingerprint density at radius 3 is 2.71 bits per heavy atom. The molecule has 0 bridgehead atoms. The SMILES string of the molecule is Cc1ccc(C(N)c2cscc2Br)o1. The number of furan rings is 1. The fraction of sp³-hybridized carbons (Fsp3) is 0.200. The lowest BCUT2D eigenvalue weighted by atomic mass is 10.1. The Balaban J connectivity index is 2.33. The van der Waals surface area contributed by atoms with Gasteiger partial charge in [0.25, 0.3) is 0 Å². The highest BCUT2D eigenvalue weighted by molar-refractivity contribution is 9.10. The zero-order valence-corrected chi connectivity index (χ0v) is 10.1. The van der Waals surface area contributed by atoms with E-state index in [4.69, 9.17) is 10.2 Å². The van der Waals surface area contributed by atoms with Gasteiger partial charge in [0.05, 0.1) is 6.04 Å². The fourth-order valence-corrected chi connectivity index (χ4v) is 2.87. The van der Waals surface area contributed by atoms with E-state index in [9.17, 15) is 0 Å². The van der Waals surface area contributed by atoms with Crippen LogP contribution in [0.15, 0.2) is 31.8 Å². The lowest BCUT2D eigenvalue weighted by Gasteiger charge is -2.07.